The van der Waals surface area contributed by atoms with Crippen LogP contribution in [-0.4, -0.2) is 45.7 Å². The van der Waals surface area contributed by atoms with Crippen molar-refractivity contribution in [1.82, 2.24) is 4.90 Å². The Balaban J connectivity index is 2.74. The standard InChI is InChI=1S/C9H17NO4/c1-6(11)4-7-5-14-9(2,3)10(7)8(12)13/h6-7,11H,4-5H2,1-3H3,(H,12,13). The van der Waals surface area contributed by atoms with Crippen molar-refractivity contribution in [2.24, 2.45) is 0 Å². The van der Waals surface area contributed by atoms with E-state index in [1.807, 2.05) is 0 Å². The maximum absolute atomic E-state index is 11.0. The molecule has 5 heteroatoms. The molecule has 14 heavy (non-hydrogen) atoms. The fraction of sp³-hybridized carbons (Fsp3) is 0.889. The molecule has 0 aromatic carbocycles. The second-order valence-corrected chi connectivity index (χ2v) is 4.15. The highest BCUT2D eigenvalue weighted by atomic mass is 16.5. The van der Waals surface area contributed by atoms with Crippen LogP contribution in [0.3, 0.4) is 0 Å². The van der Waals surface area contributed by atoms with Gasteiger partial charge in [0.2, 0.25) is 0 Å². The summed E-state index contributed by atoms with van der Waals surface area (Å²) >= 11 is 0. The van der Waals surface area contributed by atoms with Crippen molar-refractivity contribution < 1.29 is 19.7 Å². The Kier molecular flexibility index (Phi) is 3.01. The SMILES string of the molecule is CC(O)CC1COC(C)(C)N1C(=O)O. The van der Waals surface area contributed by atoms with Gasteiger partial charge < -0.3 is 14.9 Å². The van der Waals surface area contributed by atoms with Crippen LogP contribution in [-0.2, 0) is 4.74 Å². The number of carboxylic acid groups (broad SMARTS) is 1. The van der Waals surface area contributed by atoms with Crippen molar-refractivity contribution in [2.75, 3.05) is 6.61 Å². The first-order valence-corrected chi connectivity index (χ1v) is 4.69. The molecular formula is C9H17NO4. The summed E-state index contributed by atoms with van der Waals surface area (Å²) in [5.41, 5.74) is -0.786. The van der Waals surface area contributed by atoms with Gasteiger partial charge in [0, 0.05) is 0 Å². The van der Waals surface area contributed by atoms with Gasteiger partial charge in [-0.1, -0.05) is 0 Å². The zero-order valence-corrected chi connectivity index (χ0v) is 8.73. The Morgan fingerprint density at radius 3 is 2.71 bits per heavy atom. The number of aliphatic hydroxyl groups excluding tert-OH is 1. The number of rotatable bonds is 2. The van der Waals surface area contributed by atoms with Gasteiger partial charge in [-0.15, -0.1) is 0 Å². The van der Waals surface area contributed by atoms with Gasteiger partial charge in [0.25, 0.3) is 0 Å². The van der Waals surface area contributed by atoms with E-state index in [9.17, 15) is 9.90 Å². The summed E-state index contributed by atoms with van der Waals surface area (Å²) in [5.74, 6) is 0. The van der Waals surface area contributed by atoms with Crippen LogP contribution in [0, 0.1) is 0 Å². The number of aliphatic hydroxyl groups is 1. The van der Waals surface area contributed by atoms with Gasteiger partial charge >= 0.3 is 6.09 Å². The Labute approximate surface area is 83.3 Å². The highest BCUT2D eigenvalue weighted by molar-refractivity contribution is 5.66. The number of hydrogen-bond acceptors (Lipinski definition) is 3. The summed E-state index contributed by atoms with van der Waals surface area (Å²) in [4.78, 5) is 12.2. The zero-order valence-electron chi connectivity index (χ0n) is 8.73. The number of amides is 1. The molecule has 1 aliphatic heterocycles. The molecule has 1 saturated heterocycles. The molecule has 1 heterocycles. The van der Waals surface area contributed by atoms with Crippen LogP contribution >= 0.6 is 0 Å². The van der Waals surface area contributed by atoms with Crippen molar-refractivity contribution in [2.45, 2.75) is 45.1 Å². The van der Waals surface area contributed by atoms with E-state index in [1.165, 1.54) is 4.90 Å². The first-order chi connectivity index (χ1) is 6.34. The largest absolute Gasteiger partial charge is 0.465 e. The quantitative estimate of drug-likeness (QED) is 0.698. The summed E-state index contributed by atoms with van der Waals surface area (Å²) in [5, 5.41) is 18.2. The molecule has 82 valence electrons. The van der Waals surface area contributed by atoms with Crippen LogP contribution in [0.1, 0.15) is 27.2 Å². The smallest absolute Gasteiger partial charge is 0.409 e. The van der Waals surface area contributed by atoms with Crippen LogP contribution < -0.4 is 0 Å². The molecule has 0 aromatic heterocycles. The first kappa shape index (κ1) is 11.3. The number of nitrogens with zero attached hydrogens (tertiary/aromatic N) is 1. The Morgan fingerprint density at radius 2 is 2.29 bits per heavy atom. The first-order valence-electron chi connectivity index (χ1n) is 4.69. The molecule has 0 spiro atoms. The summed E-state index contributed by atoms with van der Waals surface area (Å²) < 4.78 is 5.36. The van der Waals surface area contributed by atoms with Gasteiger partial charge in [-0.3, -0.25) is 4.90 Å². The van der Waals surface area contributed by atoms with E-state index < -0.39 is 17.9 Å². The summed E-state index contributed by atoms with van der Waals surface area (Å²) in [7, 11) is 0. The average Bonchev–Trinajstić information content (AvgIpc) is 2.24. The predicted molar refractivity (Wildman–Crippen MR) is 50.0 cm³/mol. The summed E-state index contributed by atoms with van der Waals surface area (Å²) in [6.07, 6.45) is -1.10. The van der Waals surface area contributed by atoms with E-state index in [2.05, 4.69) is 0 Å². The molecule has 1 aliphatic rings. The van der Waals surface area contributed by atoms with Crippen molar-refractivity contribution >= 4 is 6.09 Å². The molecule has 0 aromatic rings. The lowest BCUT2D eigenvalue weighted by molar-refractivity contribution is -0.0428. The normalized spacial score (nSPS) is 27.7. The lowest BCUT2D eigenvalue weighted by atomic mass is 10.1. The zero-order chi connectivity index (χ0) is 10.9. The third kappa shape index (κ3) is 2.16. The molecule has 1 fully saturated rings. The number of carbonyl (C=O) groups is 1. The Bertz CT molecular complexity index is 227. The molecule has 2 unspecified atom stereocenters. The fourth-order valence-electron chi connectivity index (χ4n) is 1.84. The monoisotopic (exact) mass is 203 g/mol. The molecule has 1 amide bonds. The highest BCUT2D eigenvalue weighted by Gasteiger charge is 2.43. The van der Waals surface area contributed by atoms with Crippen molar-refractivity contribution in [3.05, 3.63) is 0 Å². The second-order valence-electron chi connectivity index (χ2n) is 4.15. The molecule has 2 atom stereocenters. The fourth-order valence-corrected chi connectivity index (χ4v) is 1.84. The van der Waals surface area contributed by atoms with Crippen LogP contribution in [0.15, 0.2) is 0 Å². The lowest BCUT2D eigenvalue weighted by Crippen LogP contribution is -2.47. The summed E-state index contributed by atoms with van der Waals surface area (Å²) in [6.45, 7) is 5.42. The average molecular weight is 203 g/mol. The van der Waals surface area contributed by atoms with Crippen LogP contribution in [0.4, 0.5) is 4.79 Å². The molecule has 5 nitrogen and oxygen atoms in total. The van der Waals surface area contributed by atoms with Crippen molar-refractivity contribution in [1.29, 1.82) is 0 Å². The van der Waals surface area contributed by atoms with Crippen LogP contribution in [0.2, 0.25) is 0 Å². The lowest BCUT2D eigenvalue weighted by Gasteiger charge is -2.31. The van der Waals surface area contributed by atoms with E-state index >= 15 is 0 Å². The van der Waals surface area contributed by atoms with Gasteiger partial charge in [-0.05, 0) is 27.2 Å². The van der Waals surface area contributed by atoms with E-state index in [0.717, 1.165) is 0 Å². The third-order valence-corrected chi connectivity index (χ3v) is 2.39. The van der Waals surface area contributed by atoms with Gasteiger partial charge in [0.1, 0.15) is 5.72 Å². The molecule has 0 aliphatic carbocycles. The molecule has 1 rings (SSSR count). The topological polar surface area (TPSA) is 70.0 Å². The maximum atomic E-state index is 11.0. The van der Waals surface area contributed by atoms with Gasteiger partial charge in [-0.25, -0.2) is 4.79 Å². The van der Waals surface area contributed by atoms with Crippen LogP contribution in [0.5, 0.6) is 0 Å². The predicted octanol–water partition coefficient (Wildman–Crippen LogP) is 0.872. The number of hydrogen-bond donors (Lipinski definition) is 2. The summed E-state index contributed by atoms with van der Waals surface area (Å²) in [6, 6.07) is -0.248. The highest BCUT2D eigenvalue weighted by Crippen LogP contribution is 2.29. The molecular weight excluding hydrogens is 186 g/mol. The minimum atomic E-state index is -1.00. The van der Waals surface area contributed by atoms with Gasteiger partial charge in [0.05, 0.1) is 18.8 Å². The minimum Gasteiger partial charge on any atom is -0.465 e. The maximum Gasteiger partial charge on any atom is 0.409 e. The Hall–Kier alpha value is -0.810. The molecule has 0 bridgehead atoms. The minimum absolute atomic E-state index is 0.248. The Morgan fingerprint density at radius 1 is 1.71 bits per heavy atom. The van der Waals surface area contributed by atoms with Crippen LogP contribution in [0.25, 0.3) is 0 Å². The molecule has 0 saturated carbocycles. The van der Waals surface area contributed by atoms with Gasteiger partial charge in [0.15, 0.2) is 0 Å². The van der Waals surface area contributed by atoms with E-state index in [1.54, 1.807) is 20.8 Å². The van der Waals surface area contributed by atoms with Crippen molar-refractivity contribution in [3.8, 4) is 0 Å². The van der Waals surface area contributed by atoms with Crippen molar-refractivity contribution in [3.63, 3.8) is 0 Å². The van der Waals surface area contributed by atoms with E-state index in [4.69, 9.17) is 9.84 Å². The van der Waals surface area contributed by atoms with E-state index in [0.29, 0.717) is 13.0 Å². The van der Waals surface area contributed by atoms with Gasteiger partial charge in [-0.2, -0.15) is 0 Å². The third-order valence-electron chi connectivity index (χ3n) is 2.39. The molecule has 2 N–H and O–H groups in total. The molecule has 0 radical (unpaired) electrons. The van der Waals surface area contributed by atoms with E-state index in [-0.39, 0.29) is 6.04 Å². The number of ether oxygens (including phenoxy) is 1. The second kappa shape index (κ2) is 3.74.